The normalized spacial score (nSPS) is 18.7. The Bertz CT molecular complexity index is 377. The quantitative estimate of drug-likeness (QED) is 0.787. The van der Waals surface area contributed by atoms with E-state index in [4.69, 9.17) is 14.2 Å². The molecule has 1 N–H and O–H groups in total. The van der Waals surface area contributed by atoms with E-state index < -0.39 is 11.9 Å². The molecule has 100 valence electrons. The molecule has 2 rings (SSSR count). The summed E-state index contributed by atoms with van der Waals surface area (Å²) in [7, 11) is 3.01. The van der Waals surface area contributed by atoms with E-state index in [2.05, 4.69) is 0 Å². The van der Waals surface area contributed by atoms with Gasteiger partial charge in [-0.2, -0.15) is 0 Å². The van der Waals surface area contributed by atoms with Crippen LogP contribution in [0, 0.1) is 0 Å². The van der Waals surface area contributed by atoms with E-state index >= 15 is 0 Å². The van der Waals surface area contributed by atoms with Crippen LogP contribution in [0.25, 0.3) is 0 Å². The second kappa shape index (κ2) is 5.26. The molecule has 4 heteroatoms. The summed E-state index contributed by atoms with van der Waals surface area (Å²) in [6.45, 7) is 1.67. The van der Waals surface area contributed by atoms with Gasteiger partial charge in [-0.25, -0.2) is 0 Å². The molecule has 0 saturated heterocycles. The molecule has 0 radical (unpaired) electrons. The van der Waals surface area contributed by atoms with Gasteiger partial charge in [0.1, 0.15) is 11.4 Å². The van der Waals surface area contributed by atoms with Crippen molar-refractivity contribution in [1.82, 2.24) is 0 Å². The van der Waals surface area contributed by atoms with Crippen molar-refractivity contribution in [3.8, 4) is 5.75 Å². The lowest BCUT2D eigenvalue weighted by atomic mass is 9.95. The van der Waals surface area contributed by atoms with E-state index in [0.29, 0.717) is 6.10 Å². The fourth-order valence-corrected chi connectivity index (χ4v) is 1.94. The molecule has 0 amide bonds. The Labute approximate surface area is 107 Å². The highest BCUT2D eigenvalue weighted by molar-refractivity contribution is 5.31. The zero-order valence-electron chi connectivity index (χ0n) is 11.1. The van der Waals surface area contributed by atoms with Gasteiger partial charge in [0.25, 0.3) is 0 Å². The molecule has 4 nitrogen and oxygen atoms in total. The van der Waals surface area contributed by atoms with Gasteiger partial charge in [-0.3, -0.25) is 0 Å². The molecular weight excluding hydrogens is 232 g/mol. The van der Waals surface area contributed by atoms with Gasteiger partial charge in [-0.05, 0) is 37.5 Å². The Morgan fingerprint density at radius 2 is 1.72 bits per heavy atom. The fourth-order valence-electron chi connectivity index (χ4n) is 1.94. The van der Waals surface area contributed by atoms with Gasteiger partial charge in [0.05, 0.1) is 6.10 Å². The molecule has 1 fully saturated rings. The third-order valence-corrected chi connectivity index (χ3v) is 3.15. The molecule has 1 aromatic carbocycles. The number of ether oxygens (including phenoxy) is 3. The Morgan fingerprint density at radius 3 is 2.17 bits per heavy atom. The second-order valence-electron chi connectivity index (χ2n) is 4.79. The molecule has 0 aromatic heterocycles. The Balaban J connectivity index is 2.11. The Kier molecular flexibility index (Phi) is 3.90. The molecule has 1 saturated carbocycles. The lowest BCUT2D eigenvalue weighted by Crippen LogP contribution is -2.39. The molecule has 1 aliphatic carbocycles. The van der Waals surface area contributed by atoms with E-state index in [9.17, 15) is 5.11 Å². The number of methoxy groups -OCH3 is 2. The molecule has 0 bridgehead atoms. The number of aliphatic hydroxyl groups is 1. The number of hydrogen-bond acceptors (Lipinski definition) is 4. The van der Waals surface area contributed by atoms with Crippen LogP contribution in [-0.2, 0) is 15.1 Å². The minimum Gasteiger partial charge on any atom is -0.490 e. The highest BCUT2D eigenvalue weighted by atomic mass is 16.7. The summed E-state index contributed by atoms with van der Waals surface area (Å²) in [6, 6.07) is 7.40. The first-order valence-corrected chi connectivity index (χ1v) is 6.13. The third-order valence-electron chi connectivity index (χ3n) is 3.15. The van der Waals surface area contributed by atoms with E-state index in [1.807, 2.05) is 24.3 Å². The maximum Gasteiger partial charge on any atom is 0.189 e. The molecule has 0 spiro atoms. The zero-order chi connectivity index (χ0) is 13.2. The first-order chi connectivity index (χ1) is 8.57. The van der Waals surface area contributed by atoms with Crippen LogP contribution in [0.15, 0.2) is 24.3 Å². The van der Waals surface area contributed by atoms with Crippen molar-refractivity contribution in [1.29, 1.82) is 0 Å². The van der Waals surface area contributed by atoms with Crippen LogP contribution in [0.1, 0.15) is 25.3 Å². The minimum absolute atomic E-state index is 0.377. The van der Waals surface area contributed by atoms with Crippen molar-refractivity contribution in [2.24, 2.45) is 0 Å². The molecule has 1 aliphatic rings. The predicted molar refractivity (Wildman–Crippen MR) is 67.5 cm³/mol. The van der Waals surface area contributed by atoms with Crippen molar-refractivity contribution in [2.75, 3.05) is 14.2 Å². The number of rotatable bonds is 6. The van der Waals surface area contributed by atoms with E-state index in [-0.39, 0.29) is 0 Å². The Morgan fingerprint density at radius 1 is 1.17 bits per heavy atom. The fraction of sp³-hybridized carbons (Fsp3) is 0.571. The lowest BCUT2D eigenvalue weighted by Gasteiger charge is -2.31. The highest BCUT2D eigenvalue weighted by Gasteiger charge is 2.34. The van der Waals surface area contributed by atoms with E-state index in [0.717, 1.165) is 24.2 Å². The summed E-state index contributed by atoms with van der Waals surface area (Å²) in [5, 5.41) is 10.4. The van der Waals surface area contributed by atoms with Gasteiger partial charge in [0, 0.05) is 14.2 Å². The SMILES string of the molecule is COC(OC)C(C)(O)c1ccc(OC2CC2)cc1. The lowest BCUT2D eigenvalue weighted by molar-refractivity contribution is -0.213. The van der Waals surface area contributed by atoms with Crippen molar-refractivity contribution < 1.29 is 19.3 Å². The van der Waals surface area contributed by atoms with Crippen molar-refractivity contribution >= 4 is 0 Å². The van der Waals surface area contributed by atoms with Gasteiger partial charge in [0.15, 0.2) is 6.29 Å². The summed E-state index contributed by atoms with van der Waals surface area (Å²) < 4.78 is 15.9. The van der Waals surface area contributed by atoms with Crippen molar-refractivity contribution in [3.63, 3.8) is 0 Å². The largest absolute Gasteiger partial charge is 0.490 e. The van der Waals surface area contributed by atoms with Gasteiger partial charge in [-0.15, -0.1) is 0 Å². The maximum atomic E-state index is 10.4. The van der Waals surface area contributed by atoms with Crippen LogP contribution < -0.4 is 4.74 Å². The monoisotopic (exact) mass is 252 g/mol. The van der Waals surface area contributed by atoms with Crippen LogP contribution in [-0.4, -0.2) is 31.7 Å². The summed E-state index contributed by atoms with van der Waals surface area (Å²) in [5.74, 6) is 0.837. The van der Waals surface area contributed by atoms with Crippen LogP contribution in [0.2, 0.25) is 0 Å². The molecule has 1 aromatic rings. The molecule has 1 unspecified atom stereocenters. The number of hydrogen-bond donors (Lipinski definition) is 1. The Hall–Kier alpha value is -1.10. The smallest absolute Gasteiger partial charge is 0.189 e. The van der Waals surface area contributed by atoms with E-state index in [1.165, 1.54) is 14.2 Å². The van der Waals surface area contributed by atoms with Gasteiger partial charge >= 0.3 is 0 Å². The molecule has 0 aliphatic heterocycles. The topological polar surface area (TPSA) is 47.9 Å². The second-order valence-corrected chi connectivity index (χ2v) is 4.79. The summed E-state index contributed by atoms with van der Waals surface area (Å²) in [5.41, 5.74) is -0.457. The molecular formula is C14H20O4. The van der Waals surface area contributed by atoms with Gasteiger partial charge in [-0.1, -0.05) is 12.1 Å². The van der Waals surface area contributed by atoms with Crippen LogP contribution in [0.4, 0.5) is 0 Å². The predicted octanol–water partition coefficient (Wildman–Crippen LogP) is 2.05. The zero-order valence-corrected chi connectivity index (χ0v) is 11.1. The van der Waals surface area contributed by atoms with E-state index in [1.54, 1.807) is 6.92 Å². The third kappa shape index (κ3) is 2.83. The van der Waals surface area contributed by atoms with Crippen molar-refractivity contribution in [2.45, 2.75) is 37.8 Å². The minimum atomic E-state index is -1.19. The molecule has 18 heavy (non-hydrogen) atoms. The average Bonchev–Trinajstić information content (AvgIpc) is 3.15. The summed E-state index contributed by atoms with van der Waals surface area (Å²) >= 11 is 0. The average molecular weight is 252 g/mol. The highest BCUT2D eigenvalue weighted by Crippen LogP contribution is 2.30. The van der Waals surface area contributed by atoms with Gasteiger partial charge in [0.2, 0.25) is 0 Å². The molecule has 1 atom stereocenters. The van der Waals surface area contributed by atoms with Crippen LogP contribution in [0.5, 0.6) is 5.75 Å². The van der Waals surface area contributed by atoms with Gasteiger partial charge < -0.3 is 19.3 Å². The first kappa shape index (κ1) is 13.3. The van der Waals surface area contributed by atoms with Crippen LogP contribution >= 0.6 is 0 Å². The summed E-state index contributed by atoms with van der Waals surface area (Å²) in [4.78, 5) is 0. The number of benzene rings is 1. The maximum absolute atomic E-state index is 10.4. The first-order valence-electron chi connectivity index (χ1n) is 6.13. The summed E-state index contributed by atoms with van der Waals surface area (Å²) in [6.07, 6.45) is 1.94. The standard InChI is InChI=1S/C14H20O4/c1-14(15,13(16-2)17-3)10-4-6-11(7-5-10)18-12-8-9-12/h4-7,12-13,15H,8-9H2,1-3H3. The van der Waals surface area contributed by atoms with Crippen molar-refractivity contribution in [3.05, 3.63) is 29.8 Å². The van der Waals surface area contributed by atoms with Crippen LogP contribution in [0.3, 0.4) is 0 Å². The molecule has 0 heterocycles.